The molecule has 9 nitrogen and oxygen atoms in total. The summed E-state index contributed by atoms with van der Waals surface area (Å²) in [6, 6.07) is -0.197. The van der Waals surface area contributed by atoms with E-state index in [-0.39, 0.29) is 34.2 Å². The Morgan fingerprint density at radius 3 is 2.35 bits per heavy atom. The molecule has 2 aromatic heterocycles. The maximum absolute atomic E-state index is 13.3. The second kappa shape index (κ2) is 7.86. The van der Waals surface area contributed by atoms with Crippen molar-refractivity contribution in [1.29, 1.82) is 0 Å². The minimum Gasteiger partial charge on any atom is -0.306 e. The highest BCUT2D eigenvalue weighted by Gasteiger charge is 2.44. The molecule has 2 aromatic rings. The van der Waals surface area contributed by atoms with Gasteiger partial charge in [-0.05, 0) is 19.8 Å². The number of imide groups is 1. The predicted octanol–water partition coefficient (Wildman–Crippen LogP) is 3.12. The Morgan fingerprint density at radius 2 is 1.74 bits per heavy atom. The standard InChI is InChI=1S/C21H22N4O5S/c1-3-8-15-14(4-2)20(26)25(21(15)27)19-17(31(28,29)30)16-18(23-12-11-22-16)24(19)13-9-6-5-7-10-13/h3-4,8,11-13H,2,5-7,9-10H2,1H3,(H,28,29,30)/b8-3-. The number of carbonyl (C=O) groups is 2. The Hall–Kier alpha value is -3.11. The molecule has 2 amide bonds. The van der Waals surface area contributed by atoms with Gasteiger partial charge >= 0.3 is 10.1 Å². The summed E-state index contributed by atoms with van der Waals surface area (Å²) < 4.78 is 36.6. The van der Waals surface area contributed by atoms with Crippen molar-refractivity contribution >= 4 is 38.9 Å². The van der Waals surface area contributed by atoms with Crippen LogP contribution in [-0.4, -0.2) is 39.3 Å². The van der Waals surface area contributed by atoms with Crippen molar-refractivity contribution in [2.75, 3.05) is 4.90 Å². The number of amides is 2. The van der Waals surface area contributed by atoms with Gasteiger partial charge in [0.15, 0.2) is 10.5 Å². The molecule has 31 heavy (non-hydrogen) atoms. The van der Waals surface area contributed by atoms with E-state index in [0.29, 0.717) is 0 Å². The highest BCUT2D eigenvalue weighted by Crippen LogP contribution is 2.43. The quantitative estimate of drug-likeness (QED) is 0.557. The number of allylic oxidation sites excluding steroid dienone is 1. The normalized spacial score (nSPS) is 18.7. The Balaban J connectivity index is 2.07. The van der Waals surface area contributed by atoms with Gasteiger partial charge in [0.2, 0.25) is 0 Å². The zero-order chi connectivity index (χ0) is 22.3. The number of hydrogen-bond acceptors (Lipinski definition) is 6. The van der Waals surface area contributed by atoms with Gasteiger partial charge in [0.1, 0.15) is 11.3 Å². The molecule has 10 heteroatoms. The zero-order valence-corrected chi connectivity index (χ0v) is 17.8. The fraction of sp³-hybridized carbons (Fsp3) is 0.333. The molecule has 0 atom stereocenters. The maximum atomic E-state index is 13.3. The van der Waals surface area contributed by atoms with Gasteiger partial charge in [-0.25, -0.2) is 14.9 Å². The summed E-state index contributed by atoms with van der Waals surface area (Å²) in [5.41, 5.74) is 0.291. The third-order valence-corrected chi connectivity index (χ3v) is 6.55. The van der Waals surface area contributed by atoms with Gasteiger partial charge in [0.05, 0.1) is 11.1 Å². The van der Waals surface area contributed by atoms with Gasteiger partial charge in [-0.15, -0.1) is 0 Å². The predicted molar refractivity (Wildman–Crippen MR) is 114 cm³/mol. The molecule has 4 rings (SSSR count). The lowest BCUT2D eigenvalue weighted by Gasteiger charge is -2.28. The molecule has 3 heterocycles. The zero-order valence-electron chi connectivity index (χ0n) is 17.0. The number of hydrogen-bond donors (Lipinski definition) is 1. The monoisotopic (exact) mass is 442 g/mol. The molecular formula is C21H22N4O5S. The van der Waals surface area contributed by atoms with Crippen molar-refractivity contribution in [2.24, 2.45) is 0 Å². The second-order valence-corrected chi connectivity index (χ2v) is 8.85. The maximum Gasteiger partial charge on any atom is 0.300 e. The lowest BCUT2D eigenvalue weighted by Crippen LogP contribution is -2.35. The fourth-order valence-electron chi connectivity index (χ4n) is 4.40. The smallest absolute Gasteiger partial charge is 0.300 e. The molecule has 2 aliphatic rings. The molecule has 1 N–H and O–H groups in total. The molecule has 0 unspecified atom stereocenters. The van der Waals surface area contributed by atoms with E-state index in [1.54, 1.807) is 17.6 Å². The van der Waals surface area contributed by atoms with E-state index in [9.17, 15) is 22.6 Å². The lowest BCUT2D eigenvalue weighted by atomic mass is 9.95. The number of carbonyl (C=O) groups excluding carboxylic acids is 2. The van der Waals surface area contributed by atoms with Crippen LogP contribution in [0.15, 0.2) is 53.2 Å². The molecule has 1 aliphatic carbocycles. The number of nitrogens with zero attached hydrogens (tertiary/aromatic N) is 4. The summed E-state index contributed by atoms with van der Waals surface area (Å²) in [7, 11) is -4.85. The van der Waals surface area contributed by atoms with Crippen LogP contribution in [0.3, 0.4) is 0 Å². The van der Waals surface area contributed by atoms with Crippen LogP contribution in [0.1, 0.15) is 45.1 Å². The van der Waals surface area contributed by atoms with E-state index in [4.69, 9.17) is 0 Å². The van der Waals surface area contributed by atoms with Crippen LogP contribution < -0.4 is 4.90 Å². The first kappa shape index (κ1) is 21.1. The SMILES string of the molecule is C=CC1=C(/C=C\C)C(=O)N(c2c(S(=O)(=O)O)c3nccnc3n2C2CCCCC2)C1=O. The molecule has 1 aliphatic heterocycles. The molecule has 0 bridgehead atoms. The minimum atomic E-state index is -4.85. The summed E-state index contributed by atoms with van der Waals surface area (Å²) in [5.74, 6) is -1.62. The average Bonchev–Trinajstić information content (AvgIpc) is 3.20. The van der Waals surface area contributed by atoms with Crippen molar-refractivity contribution in [2.45, 2.75) is 50.0 Å². The third-order valence-electron chi connectivity index (χ3n) is 5.66. The summed E-state index contributed by atoms with van der Waals surface area (Å²) in [6.45, 7) is 5.32. The largest absolute Gasteiger partial charge is 0.306 e. The van der Waals surface area contributed by atoms with E-state index < -0.39 is 26.8 Å². The van der Waals surface area contributed by atoms with Crippen molar-refractivity contribution < 1.29 is 22.6 Å². The van der Waals surface area contributed by atoms with Crippen LogP contribution in [0, 0.1) is 0 Å². The van der Waals surface area contributed by atoms with Crippen LogP contribution in [0.4, 0.5) is 5.82 Å². The van der Waals surface area contributed by atoms with Gasteiger partial charge in [0, 0.05) is 18.4 Å². The molecule has 0 spiro atoms. The average molecular weight is 442 g/mol. The molecule has 0 saturated heterocycles. The van der Waals surface area contributed by atoms with Crippen LogP contribution in [0.5, 0.6) is 0 Å². The number of fused-ring (bicyclic) bond motifs is 1. The summed E-state index contributed by atoms with van der Waals surface area (Å²) in [6.07, 6.45) is 11.4. The second-order valence-electron chi connectivity index (χ2n) is 7.50. The van der Waals surface area contributed by atoms with Gasteiger partial charge in [-0.3, -0.25) is 14.1 Å². The minimum absolute atomic E-state index is 0.0609. The molecule has 1 fully saturated rings. The molecule has 162 valence electrons. The summed E-state index contributed by atoms with van der Waals surface area (Å²) >= 11 is 0. The van der Waals surface area contributed by atoms with Crippen molar-refractivity contribution in [1.82, 2.24) is 14.5 Å². The Labute approximate surface area is 179 Å². The third kappa shape index (κ3) is 3.31. The Kier molecular flexibility index (Phi) is 5.36. The molecule has 0 radical (unpaired) electrons. The van der Waals surface area contributed by atoms with E-state index in [0.717, 1.165) is 37.0 Å². The van der Waals surface area contributed by atoms with Crippen molar-refractivity contribution in [3.8, 4) is 0 Å². The van der Waals surface area contributed by atoms with Gasteiger partial charge in [-0.1, -0.05) is 44.1 Å². The van der Waals surface area contributed by atoms with E-state index in [1.165, 1.54) is 24.5 Å². The number of aromatic nitrogens is 3. The first-order valence-corrected chi connectivity index (χ1v) is 11.5. The van der Waals surface area contributed by atoms with Crippen LogP contribution in [-0.2, 0) is 19.7 Å². The fourth-order valence-corrected chi connectivity index (χ4v) is 5.20. The molecule has 0 aromatic carbocycles. The number of rotatable bonds is 5. The lowest BCUT2D eigenvalue weighted by molar-refractivity contribution is -0.120. The molecule has 1 saturated carbocycles. The Bertz CT molecular complexity index is 1270. The first-order chi connectivity index (χ1) is 14.8. The first-order valence-electron chi connectivity index (χ1n) is 10.0. The van der Waals surface area contributed by atoms with Gasteiger partial charge < -0.3 is 4.57 Å². The Morgan fingerprint density at radius 1 is 1.10 bits per heavy atom. The van der Waals surface area contributed by atoms with Crippen molar-refractivity contribution in [3.05, 3.63) is 48.3 Å². The number of anilines is 1. The van der Waals surface area contributed by atoms with Crippen LogP contribution >= 0.6 is 0 Å². The topological polar surface area (TPSA) is 122 Å². The van der Waals surface area contributed by atoms with Crippen molar-refractivity contribution in [3.63, 3.8) is 0 Å². The highest BCUT2D eigenvalue weighted by atomic mass is 32.2. The summed E-state index contributed by atoms with van der Waals surface area (Å²) in [4.78, 5) is 35.1. The van der Waals surface area contributed by atoms with E-state index >= 15 is 0 Å². The van der Waals surface area contributed by atoms with Gasteiger partial charge in [0.25, 0.3) is 11.8 Å². The highest BCUT2D eigenvalue weighted by molar-refractivity contribution is 7.86. The van der Waals surface area contributed by atoms with Crippen LogP contribution in [0.25, 0.3) is 11.2 Å². The van der Waals surface area contributed by atoms with E-state index in [1.807, 2.05) is 0 Å². The summed E-state index contributed by atoms with van der Waals surface area (Å²) in [5, 5.41) is 0. The van der Waals surface area contributed by atoms with Gasteiger partial charge in [-0.2, -0.15) is 8.42 Å². The van der Waals surface area contributed by atoms with E-state index in [2.05, 4.69) is 16.5 Å². The van der Waals surface area contributed by atoms with Crippen LogP contribution in [0.2, 0.25) is 0 Å². The molecular weight excluding hydrogens is 420 g/mol.